The van der Waals surface area contributed by atoms with E-state index < -0.39 is 0 Å². The van der Waals surface area contributed by atoms with Crippen LogP contribution in [0.5, 0.6) is 0 Å². The Hall–Kier alpha value is -1.67. The molecule has 18 heavy (non-hydrogen) atoms. The Kier molecular flexibility index (Phi) is 2.88. The second-order valence-electron chi connectivity index (χ2n) is 4.69. The van der Waals surface area contributed by atoms with Gasteiger partial charge in [0, 0.05) is 12.1 Å². The summed E-state index contributed by atoms with van der Waals surface area (Å²) in [5, 5.41) is 3.39. The Morgan fingerprint density at radius 1 is 1.11 bits per heavy atom. The predicted octanol–water partition coefficient (Wildman–Crippen LogP) is 3.58. The molecule has 0 fully saturated rings. The number of fused-ring (bicyclic) bond motifs is 1. The third-order valence-corrected chi connectivity index (χ3v) is 3.66. The summed E-state index contributed by atoms with van der Waals surface area (Å²) in [4.78, 5) is 0. The largest absolute Gasteiger partial charge is 0.302 e. The van der Waals surface area contributed by atoms with Crippen LogP contribution in [-0.2, 0) is 13.0 Å². The second kappa shape index (κ2) is 4.54. The quantitative estimate of drug-likeness (QED) is 0.847. The van der Waals surface area contributed by atoms with Crippen molar-refractivity contribution in [3.05, 3.63) is 70.5 Å². The molecule has 0 aliphatic carbocycles. The summed E-state index contributed by atoms with van der Waals surface area (Å²) < 4.78 is 14.4. The van der Waals surface area contributed by atoms with E-state index in [9.17, 15) is 4.39 Å². The van der Waals surface area contributed by atoms with E-state index in [2.05, 4.69) is 17.4 Å². The zero-order chi connectivity index (χ0) is 12.5. The number of aryl methyl sites for hydroxylation is 1. The summed E-state index contributed by atoms with van der Waals surface area (Å²) in [6.07, 6.45) is 0.730. The average molecular weight is 241 g/mol. The summed E-state index contributed by atoms with van der Waals surface area (Å²) >= 11 is 0. The van der Waals surface area contributed by atoms with Crippen LogP contribution in [0.1, 0.15) is 35.2 Å². The van der Waals surface area contributed by atoms with Crippen LogP contribution < -0.4 is 5.32 Å². The predicted molar refractivity (Wildman–Crippen MR) is 70.9 cm³/mol. The number of hydrogen-bond donors (Lipinski definition) is 1. The Morgan fingerprint density at radius 2 is 1.89 bits per heavy atom. The maximum atomic E-state index is 14.4. The van der Waals surface area contributed by atoms with Crippen LogP contribution in [0.15, 0.2) is 42.5 Å². The maximum absolute atomic E-state index is 14.4. The van der Waals surface area contributed by atoms with Crippen LogP contribution in [0.4, 0.5) is 4.39 Å². The van der Waals surface area contributed by atoms with E-state index in [0.29, 0.717) is 0 Å². The van der Waals surface area contributed by atoms with Crippen LogP contribution >= 0.6 is 0 Å². The molecule has 92 valence electrons. The molecular formula is C16H16FN. The molecule has 1 aliphatic heterocycles. The minimum Gasteiger partial charge on any atom is -0.302 e. The van der Waals surface area contributed by atoms with Gasteiger partial charge in [0.15, 0.2) is 0 Å². The van der Waals surface area contributed by atoms with Crippen LogP contribution in [0.2, 0.25) is 0 Å². The second-order valence-corrected chi connectivity index (χ2v) is 4.69. The summed E-state index contributed by atoms with van der Waals surface area (Å²) in [5.41, 5.74) is 4.02. The number of nitrogens with one attached hydrogen (secondary N) is 1. The molecule has 2 aromatic carbocycles. The zero-order valence-electron chi connectivity index (χ0n) is 10.4. The maximum Gasteiger partial charge on any atom is 0.131 e. The lowest BCUT2D eigenvalue weighted by atomic mass is 9.96. The first-order valence-electron chi connectivity index (χ1n) is 6.39. The Morgan fingerprint density at radius 3 is 2.72 bits per heavy atom. The number of halogens is 1. The summed E-state index contributed by atoms with van der Waals surface area (Å²) in [7, 11) is 0. The van der Waals surface area contributed by atoms with Crippen molar-refractivity contribution in [1.29, 1.82) is 0 Å². The molecule has 2 heteroatoms. The molecule has 0 saturated heterocycles. The Balaban J connectivity index is 2.08. The van der Waals surface area contributed by atoms with Gasteiger partial charge in [-0.15, -0.1) is 0 Å². The molecule has 0 spiro atoms. The highest BCUT2D eigenvalue weighted by Gasteiger charge is 2.25. The van der Waals surface area contributed by atoms with Crippen molar-refractivity contribution in [2.24, 2.45) is 0 Å². The molecule has 0 amide bonds. The van der Waals surface area contributed by atoms with Crippen LogP contribution in [0, 0.1) is 5.82 Å². The minimum atomic E-state index is -0.0609. The monoisotopic (exact) mass is 241 g/mol. The van der Waals surface area contributed by atoms with Gasteiger partial charge in [-0.3, -0.25) is 0 Å². The molecule has 1 heterocycles. The van der Waals surface area contributed by atoms with Gasteiger partial charge in [0.25, 0.3) is 0 Å². The average Bonchev–Trinajstić information content (AvgIpc) is 2.83. The van der Waals surface area contributed by atoms with Crippen molar-refractivity contribution in [3.63, 3.8) is 0 Å². The van der Waals surface area contributed by atoms with Crippen molar-refractivity contribution < 1.29 is 4.39 Å². The molecule has 1 unspecified atom stereocenters. The van der Waals surface area contributed by atoms with Gasteiger partial charge < -0.3 is 5.32 Å². The molecule has 0 bridgehead atoms. The van der Waals surface area contributed by atoms with Gasteiger partial charge in [0.05, 0.1) is 6.04 Å². The van der Waals surface area contributed by atoms with E-state index in [1.807, 2.05) is 37.3 Å². The Bertz CT molecular complexity index is 577. The molecule has 0 saturated carbocycles. The lowest BCUT2D eigenvalue weighted by molar-refractivity contribution is 0.562. The van der Waals surface area contributed by atoms with Crippen molar-refractivity contribution in [2.75, 3.05) is 0 Å². The van der Waals surface area contributed by atoms with E-state index in [1.165, 1.54) is 11.1 Å². The van der Waals surface area contributed by atoms with Crippen LogP contribution in [0.3, 0.4) is 0 Å². The van der Waals surface area contributed by atoms with Crippen molar-refractivity contribution >= 4 is 0 Å². The van der Waals surface area contributed by atoms with Gasteiger partial charge in [0.2, 0.25) is 0 Å². The minimum absolute atomic E-state index is 0.00676. The lowest BCUT2D eigenvalue weighted by Crippen LogP contribution is -2.15. The highest BCUT2D eigenvalue weighted by molar-refractivity contribution is 5.42. The van der Waals surface area contributed by atoms with Gasteiger partial charge in [-0.05, 0) is 23.1 Å². The molecule has 0 aromatic heterocycles. The first-order valence-corrected chi connectivity index (χ1v) is 6.39. The number of rotatable bonds is 2. The summed E-state index contributed by atoms with van der Waals surface area (Å²) in [6.45, 7) is 2.80. The standard InChI is InChI=1S/C16H16FN/c1-2-11-7-5-9-14(15(11)17)16-13-8-4-3-6-12(13)10-18-16/h3-9,16,18H,2,10H2,1H3. The number of benzene rings is 2. The SMILES string of the molecule is CCc1cccc(C2NCc3ccccc32)c1F. The van der Waals surface area contributed by atoms with Crippen LogP contribution in [0.25, 0.3) is 0 Å². The van der Waals surface area contributed by atoms with E-state index in [4.69, 9.17) is 0 Å². The fourth-order valence-corrected chi connectivity index (χ4v) is 2.67. The van der Waals surface area contributed by atoms with E-state index in [0.717, 1.165) is 24.1 Å². The fraction of sp³-hybridized carbons (Fsp3) is 0.250. The third-order valence-electron chi connectivity index (χ3n) is 3.66. The lowest BCUT2D eigenvalue weighted by Gasteiger charge is -2.15. The highest BCUT2D eigenvalue weighted by atomic mass is 19.1. The van der Waals surface area contributed by atoms with E-state index in [-0.39, 0.29) is 11.9 Å². The normalized spacial score (nSPS) is 17.8. The smallest absolute Gasteiger partial charge is 0.131 e. The van der Waals surface area contributed by atoms with Crippen LogP contribution in [-0.4, -0.2) is 0 Å². The third kappa shape index (κ3) is 1.73. The molecule has 3 rings (SSSR count). The molecule has 2 aromatic rings. The topological polar surface area (TPSA) is 12.0 Å². The molecule has 1 atom stereocenters. The zero-order valence-corrected chi connectivity index (χ0v) is 10.4. The molecule has 0 radical (unpaired) electrons. The molecule has 1 aliphatic rings. The highest BCUT2D eigenvalue weighted by Crippen LogP contribution is 2.32. The fourth-order valence-electron chi connectivity index (χ4n) is 2.67. The summed E-state index contributed by atoms with van der Waals surface area (Å²) in [5.74, 6) is -0.0609. The van der Waals surface area contributed by atoms with Crippen molar-refractivity contribution in [2.45, 2.75) is 25.9 Å². The summed E-state index contributed by atoms with van der Waals surface area (Å²) in [6, 6.07) is 13.9. The molecule has 1 nitrogen and oxygen atoms in total. The molecular weight excluding hydrogens is 225 g/mol. The van der Waals surface area contributed by atoms with E-state index >= 15 is 0 Å². The number of hydrogen-bond acceptors (Lipinski definition) is 1. The first kappa shape index (κ1) is 11.4. The first-order chi connectivity index (χ1) is 8.81. The molecule has 1 N–H and O–H groups in total. The van der Waals surface area contributed by atoms with E-state index in [1.54, 1.807) is 0 Å². The van der Waals surface area contributed by atoms with Gasteiger partial charge in [-0.1, -0.05) is 49.4 Å². The Labute approximate surface area is 107 Å². The van der Waals surface area contributed by atoms with Gasteiger partial charge >= 0.3 is 0 Å². The van der Waals surface area contributed by atoms with Gasteiger partial charge in [-0.25, -0.2) is 4.39 Å². The van der Waals surface area contributed by atoms with Crippen molar-refractivity contribution in [1.82, 2.24) is 5.32 Å². The van der Waals surface area contributed by atoms with Crippen molar-refractivity contribution in [3.8, 4) is 0 Å². The van der Waals surface area contributed by atoms with Gasteiger partial charge in [0.1, 0.15) is 5.82 Å². The van der Waals surface area contributed by atoms with Gasteiger partial charge in [-0.2, -0.15) is 0 Å².